The number of allylic oxidation sites excluding steroid dienone is 1. The second-order valence-electron chi connectivity index (χ2n) is 6.41. The standard InChI is InChI=1S/C20H24ClN3O4S/c1-15(2)23-28-11-10-22-20(25)13-17-12-18(8-9-19(17)21)24-29(26,27)14-16-6-4-3-5-7-16/h3-9,12,23-24H,1,10-11,13-14H2,2H3,(H,22,25). The number of nitrogens with one attached hydrogen (secondary N) is 3. The minimum absolute atomic E-state index is 0.0149. The lowest BCUT2D eigenvalue weighted by atomic mass is 10.1. The lowest BCUT2D eigenvalue weighted by Crippen LogP contribution is -2.30. The van der Waals surface area contributed by atoms with E-state index in [0.717, 1.165) is 0 Å². The van der Waals surface area contributed by atoms with Crippen LogP contribution in [0.3, 0.4) is 0 Å². The second-order valence-corrected chi connectivity index (χ2v) is 8.54. The van der Waals surface area contributed by atoms with Crippen molar-refractivity contribution in [2.45, 2.75) is 19.1 Å². The van der Waals surface area contributed by atoms with E-state index in [1.165, 1.54) is 0 Å². The fourth-order valence-electron chi connectivity index (χ4n) is 2.43. The minimum Gasteiger partial charge on any atom is -0.353 e. The molecule has 0 saturated carbocycles. The van der Waals surface area contributed by atoms with E-state index < -0.39 is 10.0 Å². The number of sulfonamides is 1. The summed E-state index contributed by atoms with van der Waals surface area (Å²) in [5.41, 5.74) is 4.80. The largest absolute Gasteiger partial charge is 0.353 e. The molecule has 0 radical (unpaired) electrons. The average molecular weight is 438 g/mol. The van der Waals surface area contributed by atoms with Crippen molar-refractivity contribution in [3.05, 3.63) is 77.0 Å². The van der Waals surface area contributed by atoms with Gasteiger partial charge in [-0.05, 0) is 36.2 Å². The first kappa shape index (κ1) is 22.7. The maximum Gasteiger partial charge on any atom is 0.236 e. The predicted molar refractivity (Wildman–Crippen MR) is 115 cm³/mol. The molecule has 156 valence electrons. The minimum atomic E-state index is -3.60. The summed E-state index contributed by atoms with van der Waals surface area (Å²) < 4.78 is 27.3. The molecule has 0 aromatic heterocycles. The van der Waals surface area contributed by atoms with Gasteiger partial charge in [-0.1, -0.05) is 48.5 Å². The predicted octanol–water partition coefficient (Wildman–Crippen LogP) is 3.00. The lowest BCUT2D eigenvalue weighted by Gasteiger charge is -2.11. The zero-order chi connectivity index (χ0) is 21.3. The molecule has 2 rings (SSSR count). The molecule has 0 aliphatic rings. The summed E-state index contributed by atoms with van der Waals surface area (Å²) in [6.45, 7) is 5.95. The number of carbonyl (C=O) groups excluding carboxylic acids is 1. The molecule has 0 bridgehead atoms. The Kier molecular flexibility index (Phi) is 8.50. The Morgan fingerprint density at radius 3 is 2.59 bits per heavy atom. The Morgan fingerprint density at radius 2 is 1.90 bits per heavy atom. The quantitative estimate of drug-likeness (QED) is 0.371. The van der Waals surface area contributed by atoms with Crippen LogP contribution in [0.15, 0.2) is 60.8 Å². The zero-order valence-corrected chi connectivity index (χ0v) is 17.6. The molecule has 0 spiro atoms. The summed E-state index contributed by atoms with van der Waals surface area (Å²) in [6, 6.07) is 13.5. The van der Waals surface area contributed by atoms with Crippen LogP contribution in [0.5, 0.6) is 0 Å². The van der Waals surface area contributed by atoms with E-state index >= 15 is 0 Å². The van der Waals surface area contributed by atoms with E-state index in [4.69, 9.17) is 16.4 Å². The normalized spacial score (nSPS) is 11.0. The van der Waals surface area contributed by atoms with E-state index in [9.17, 15) is 13.2 Å². The Morgan fingerprint density at radius 1 is 1.17 bits per heavy atom. The highest BCUT2D eigenvalue weighted by Crippen LogP contribution is 2.22. The summed E-state index contributed by atoms with van der Waals surface area (Å²) in [5, 5.41) is 3.08. The van der Waals surface area contributed by atoms with E-state index in [2.05, 4.69) is 22.1 Å². The number of anilines is 1. The van der Waals surface area contributed by atoms with Gasteiger partial charge in [0.15, 0.2) is 0 Å². The van der Waals surface area contributed by atoms with Crippen molar-refractivity contribution in [1.29, 1.82) is 0 Å². The van der Waals surface area contributed by atoms with E-state index in [0.29, 0.717) is 34.1 Å². The molecule has 29 heavy (non-hydrogen) atoms. The molecule has 0 atom stereocenters. The number of amides is 1. The van der Waals surface area contributed by atoms with Crippen LogP contribution in [0.2, 0.25) is 5.02 Å². The van der Waals surface area contributed by atoms with Gasteiger partial charge in [0.25, 0.3) is 0 Å². The summed E-state index contributed by atoms with van der Waals surface area (Å²) in [5.74, 6) is -0.403. The maximum atomic E-state index is 12.4. The SMILES string of the molecule is C=C(C)NOCCNC(=O)Cc1cc(NS(=O)(=O)Cc2ccccc2)ccc1Cl. The van der Waals surface area contributed by atoms with Crippen molar-refractivity contribution in [2.24, 2.45) is 0 Å². The van der Waals surface area contributed by atoms with Gasteiger partial charge in [0.2, 0.25) is 15.9 Å². The molecule has 0 aliphatic carbocycles. The highest BCUT2D eigenvalue weighted by Gasteiger charge is 2.14. The van der Waals surface area contributed by atoms with Gasteiger partial charge in [0.05, 0.1) is 18.8 Å². The Labute approximate surface area is 176 Å². The number of hydrogen-bond acceptors (Lipinski definition) is 5. The molecule has 2 aromatic carbocycles. The third kappa shape index (κ3) is 8.55. The monoisotopic (exact) mass is 437 g/mol. The van der Waals surface area contributed by atoms with Crippen LogP contribution in [0.4, 0.5) is 5.69 Å². The zero-order valence-electron chi connectivity index (χ0n) is 16.1. The maximum absolute atomic E-state index is 12.4. The van der Waals surface area contributed by atoms with Gasteiger partial charge in [-0.25, -0.2) is 8.42 Å². The highest BCUT2D eigenvalue weighted by atomic mass is 35.5. The molecule has 0 fully saturated rings. The van der Waals surface area contributed by atoms with Crippen molar-refractivity contribution >= 4 is 33.2 Å². The molecule has 2 aromatic rings. The topological polar surface area (TPSA) is 96.5 Å². The average Bonchev–Trinajstić information content (AvgIpc) is 2.64. The molecule has 0 aliphatic heterocycles. The van der Waals surface area contributed by atoms with Crippen molar-refractivity contribution in [1.82, 2.24) is 10.8 Å². The van der Waals surface area contributed by atoms with Gasteiger partial charge >= 0.3 is 0 Å². The molecule has 0 saturated heterocycles. The van der Waals surface area contributed by atoms with E-state index in [1.807, 2.05) is 6.07 Å². The highest BCUT2D eigenvalue weighted by molar-refractivity contribution is 7.91. The summed E-state index contributed by atoms with van der Waals surface area (Å²) in [6.07, 6.45) is 0.0149. The Hall–Kier alpha value is -2.55. The third-order valence-corrected chi connectivity index (χ3v) is 5.27. The second kappa shape index (κ2) is 10.8. The molecular weight excluding hydrogens is 414 g/mol. The summed E-state index contributed by atoms with van der Waals surface area (Å²) >= 11 is 6.16. The molecule has 7 nitrogen and oxygen atoms in total. The van der Waals surface area contributed by atoms with Gasteiger partial charge < -0.3 is 5.32 Å². The van der Waals surface area contributed by atoms with Crippen molar-refractivity contribution in [3.8, 4) is 0 Å². The smallest absolute Gasteiger partial charge is 0.236 e. The first-order valence-electron chi connectivity index (χ1n) is 8.88. The molecule has 0 unspecified atom stereocenters. The van der Waals surface area contributed by atoms with Crippen LogP contribution >= 0.6 is 11.6 Å². The third-order valence-electron chi connectivity index (χ3n) is 3.64. The van der Waals surface area contributed by atoms with Crippen LogP contribution in [0, 0.1) is 0 Å². The fraction of sp³-hybridized carbons (Fsp3) is 0.250. The number of hydrogen-bond donors (Lipinski definition) is 3. The van der Waals surface area contributed by atoms with Crippen molar-refractivity contribution in [3.63, 3.8) is 0 Å². The van der Waals surface area contributed by atoms with Gasteiger partial charge in [-0.2, -0.15) is 0 Å². The number of halogens is 1. The van der Waals surface area contributed by atoms with Crippen LogP contribution < -0.4 is 15.5 Å². The Bertz CT molecular complexity index is 949. The summed E-state index contributed by atoms with van der Waals surface area (Å²) in [4.78, 5) is 17.2. The number of hydroxylamine groups is 1. The fourth-order valence-corrected chi connectivity index (χ4v) is 3.81. The molecule has 0 heterocycles. The van der Waals surface area contributed by atoms with Crippen molar-refractivity contribution < 1.29 is 18.0 Å². The molecular formula is C20H24ClN3O4S. The van der Waals surface area contributed by atoms with Gasteiger partial charge in [-0.15, -0.1) is 0 Å². The van der Waals surface area contributed by atoms with Gasteiger partial charge in [0, 0.05) is 23.0 Å². The Balaban J connectivity index is 1.93. The van der Waals surface area contributed by atoms with E-state index in [-0.39, 0.29) is 24.7 Å². The first-order chi connectivity index (χ1) is 13.7. The van der Waals surface area contributed by atoms with Crippen molar-refractivity contribution in [2.75, 3.05) is 17.9 Å². The lowest BCUT2D eigenvalue weighted by molar-refractivity contribution is -0.120. The molecule has 9 heteroatoms. The van der Waals surface area contributed by atoms with Gasteiger partial charge in [-0.3, -0.25) is 19.8 Å². The van der Waals surface area contributed by atoms with Crippen LogP contribution in [-0.4, -0.2) is 27.5 Å². The van der Waals surface area contributed by atoms with Crippen LogP contribution in [0.1, 0.15) is 18.1 Å². The van der Waals surface area contributed by atoms with Gasteiger partial charge in [0.1, 0.15) is 0 Å². The molecule has 3 N–H and O–H groups in total. The summed E-state index contributed by atoms with van der Waals surface area (Å²) in [7, 11) is -3.60. The molecule has 1 amide bonds. The van der Waals surface area contributed by atoms with E-state index in [1.54, 1.807) is 49.4 Å². The number of rotatable bonds is 11. The number of carbonyl (C=O) groups is 1. The van der Waals surface area contributed by atoms with Crippen LogP contribution in [-0.2, 0) is 31.8 Å². The first-order valence-corrected chi connectivity index (χ1v) is 10.9. The number of benzene rings is 2. The van der Waals surface area contributed by atoms with Crippen LogP contribution in [0.25, 0.3) is 0 Å².